The average molecular weight is 683 g/mol. The number of para-hydroxylation sites is 2. The molecule has 3 heteroatoms. The number of nitrogens with zero attached hydrogens (tertiary/aromatic N) is 2. The zero-order valence-corrected chi connectivity index (χ0v) is 30.0. The zero-order chi connectivity index (χ0) is 35.7. The summed E-state index contributed by atoms with van der Waals surface area (Å²) in [6.45, 7) is 6.85. The lowest BCUT2D eigenvalue weighted by atomic mass is 9.72. The zero-order valence-electron chi connectivity index (χ0n) is 30.0. The molecule has 0 unspecified atom stereocenters. The van der Waals surface area contributed by atoms with Gasteiger partial charge in [0.15, 0.2) is 11.5 Å². The van der Waals surface area contributed by atoms with Crippen molar-refractivity contribution in [3.8, 4) is 33.8 Å². The van der Waals surface area contributed by atoms with Crippen LogP contribution in [0.5, 0.6) is 11.5 Å². The molecule has 0 saturated carbocycles. The summed E-state index contributed by atoms with van der Waals surface area (Å²) in [5.41, 5.74) is 14.9. The van der Waals surface area contributed by atoms with Crippen LogP contribution in [-0.2, 0) is 5.41 Å². The Morgan fingerprint density at radius 2 is 1.19 bits per heavy atom. The van der Waals surface area contributed by atoms with E-state index in [1.807, 2.05) is 0 Å². The molecule has 0 spiro atoms. The van der Waals surface area contributed by atoms with Crippen molar-refractivity contribution in [2.45, 2.75) is 26.2 Å². The first-order chi connectivity index (χ1) is 26.0. The maximum atomic E-state index is 6.84. The van der Waals surface area contributed by atoms with E-state index in [0.717, 1.165) is 51.1 Å². The van der Waals surface area contributed by atoms with Crippen LogP contribution < -0.4 is 14.5 Å². The van der Waals surface area contributed by atoms with E-state index >= 15 is 0 Å². The molecule has 0 radical (unpaired) electrons. The molecule has 53 heavy (non-hydrogen) atoms. The highest BCUT2D eigenvalue weighted by atomic mass is 16.5. The second kappa shape index (κ2) is 12.0. The topological polar surface area (TPSA) is 15.7 Å². The first kappa shape index (κ1) is 31.2. The Kier molecular flexibility index (Phi) is 7.06. The van der Waals surface area contributed by atoms with Crippen molar-refractivity contribution < 1.29 is 4.74 Å². The predicted molar refractivity (Wildman–Crippen MR) is 221 cm³/mol. The molecule has 0 aliphatic carbocycles. The second-order valence-corrected chi connectivity index (χ2v) is 14.7. The maximum absolute atomic E-state index is 6.84. The molecule has 0 saturated heterocycles. The van der Waals surface area contributed by atoms with Crippen LogP contribution in [0.4, 0.5) is 34.1 Å². The van der Waals surface area contributed by atoms with Crippen LogP contribution >= 0.6 is 0 Å². The molecule has 0 N–H and O–H groups in total. The van der Waals surface area contributed by atoms with Gasteiger partial charge in [0, 0.05) is 22.2 Å². The lowest BCUT2D eigenvalue weighted by Gasteiger charge is -2.45. The highest BCUT2D eigenvalue weighted by Crippen LogP contribution is 2.61. The molecule has 10 rings (SSSR count). The average Bonchev–Trinajstić information content (AvgIpc) is 3.20. The van der Waals surface area contributed by atoms with Crippen LogP contribution in [-0.4, -0.2) is 0 Å². The fraction of sp³-hybridized carbons (Fsp3) is 0.0800. The molecule has 0 bridgehead atoms. The largest absolute Gasteiger partial charge is 0.453 e. The van der Waals surface area contributed by atoms with Crippen LogP contribution in [0.2, 0.25) is 0 Å². The van der Waals surface area contributed by atoms with E-state index in [9.17, 15) is 0 Å². The van der Waals surface area contributed by atoms with E-state index in [0.29, 0.717) is 0 Å². The minimum absolute atomic E-state index is 0.246. The molecule has 0 fully saturated rings. The van der Waals surface area contributed by atoms with Crippen molar-refractivity contribution in [2.24, 2.45) is 0 Å². The van der Waals surface area contributed by atoms with Crippen molar-refractivity contribution in [1.82, 2.24) is 0 Å². The van der Waals surface area contributed by atoms with Gasteiger partial charge in [-0.05, 0) is 106 Å². The minimum atomic E-state index is -0.246. The number of hydrogen-bond acceptors (Lipinski definition) is 3. The van der Waals surface area contributed by atoms with Crippen LogP contribution in [0.15, 0.2) is 176 Å². The SMILES string of the molecule is Cc1cccc2c1N1c3ccccc3C(C)(C)c3cc(-c4cccc(N(c5ccc(-c6ccccc6)cc5)c5cccc6ccccc56)c4)cc(c31)O2. The maximum Gasteiger partial charge on any atom is 0.152 e. The number of fused-ring (bicyclic) bond motifs is 5. The molecule has 2 aliphatic heterocycles. The Morgan fingerprint density at radius 1 is 0.491 bits per heavy atom. The molecule has 8 aromatic carbocycles. The number of aryl methyl sites for hydroxylation is 1. The first-order valence-electron chi connectivity index (χ1n) is 18.4. The van der Waals surface area contributed by atoms with Gasteiger partial charge in [0.25, 0.3) is 0 Å². The second-order valence-electron chi connectivity index (χ2n) is 14.7. The van der Waals surface area contributed by atoms with Gasteiger partial charge in [-0.15, -0.1) is 0 Å². The molecule has 0 atom stereocenters. The molecule has 0 aromatic heterocycles. The highest BCUT2D eigenvalue weighted by Gasteiger charge is 2.42. The Labute approximate surface area is 311 Å². The third-order valence-corrected chi connectivity index (χ3v) is 11.1. The predicted octanol–water partition coefficient (Wildman–Crippen LogP) is 14.2. The van der Waals surface area contributed by atoms with Crippen LogP contribution in [0.25, 0.3) is 33.0 Å². The van der Waals surface area contributed by atoms with Crippen LogP contribution in [0.1, 0.15) is 30.5 Å². The number of hydrogen-bond donors (Lipinski definition) is 0. The van der Waals surface area contributed by atoms with Gasteiger partial charge in [-0.1, -0.05) is 135 Å². The van der Waals surface area contributed by atoms with Gasteiger partial charge in [0.2, 0.25) is 0 Å². The summed E-state index contributed by atoms with van der Waals surface area (Å²) >= 11 is 0. The van der Waals surface area contributed by atoms with Crippen molar-refractivity contribution >= 4 is 44.9 Å². The normalized spacial score (nSPS) is 13.5. The van der Waals surface area contributed by atoms with Crippen molar-refractivity contribution in [3.05, 3.63) is 193 Å². The number of anilines is 6. The lowest BCUT2D eigenvalue weighted by Crippen LogP contribution is -2.32. The van der Waals surface area contributed by atoms with Gasteiger partial charge in [0.1, 0.15) is 0 Å². The third kappa shape index (κ3) is 4.96. The fourth-order valence-corrected chi connectivity index (χ4v) is 8.46. The standard InChI is InChI=1S/C50H38N2O/c1-33-14-11-25-46-48(33)52-45-23-10-9-22-42(45)50(2,3)43-31-38(32-47(53-46)49(43)52)37-19-12-20-40(30-37)51(44-24-13-18-36-17-7-8-21-41(36)44)39-28-26-35(27-29-39)34-15-5-4-6-16-34/h4-32H,1-3H3. The monoisotopic (exact) mass is 682 g/mol. The summed E-state index contributed by atoms with van der Waals surface area (Å²) < 4.78 is 6.84. The molecule has 2 aliphatic rings. The fourth-order valence-electron chi connectivity index (χ4n) is 8.46. The van der Waals surface area contributed by atoms with E-state index < -0.39 is 0 Å². The Balaban J connectivity index is 1.15. The van der Waals surface area contributed by atoms with E-state index in [1.165, 1.54) is 44.3 Å². The molecule has 3 nitrogen and oxygen atoms in total. The van der Waals surface area contributed by atoms with Gasteiger partial charge in [-0.3, -0.25) is 0 Å². The summed E-state index contributed by atoms with van der Waals surface area (Å²) in [4.78, 5) is 4.82. The summed E-state index contributed by atoms with van der Waals surface area (Å²) in [5, 5.41) is 2.41. The molecule has 8 aromatic rings. The van der Waals surface area contributed by atoms with Gasteiger partial charge >= 0.3 is 0 Å². The highest BCUT2D eigenvalue weighted by molar-refractivity contribution is 6.00. The third-order valence-electron chi connectivity index (χ3n) is 11.1. The number of rotatable bonds is 5. The van der Waals surface area contributed by atoms with E-state index in [2.05, 4.69) is 206 Å². The number of benzene rings is 8. The summed E-state index contributed by atoms with van der Waals surface area (Å²) in [7, 11) is 0. The van der Waals surface area contributed by atoms with Gasteiger partial charge < -0.3 is 14.5 Å². The molecule has 2 heterocycles. The van der Waals surface area contributed by atoms with Crippen LogP contribution in [0.3, 0.4) is 0 Å². The first-order valence-corrected chi connectivity index (χ1v) is 18.4. The van der Waals surface area contributed by atoms with Gasteiger partial charge in [-0.25, -0.2) is 0 Å². The molecule has 254 valence electrons. The summed E-state index contributed by atoms with van der Waals surface area (Å²) in [5.74, 6) is 1.76. The minimum Gasteiger partial charge on any atom is -0.453 e. The van der Waals surface area contributed by atoms with E-state index in [-0.39, 0.29) is 5.41 Å². The molecule has 0 amide bonds. The lowest BCUT2D eigenvalue weighted by molar-refractivity contribution is 0.471. The van der Waals surface area contributed by atoms with Crippen LogP contribution in [0, 0.1) is 6.92 Å². The van der Waals surface area contributed by atoms with E-state index in [4.69, 9.17) is 4.74 Å². The van der Waals surface area contributed by atoms with E-state index in [1.54, 1.807) is 0 Å². The Morgan fingerprint density at radius 3 is 2.06 bits per heavy atom. The Bertz CT molecular complexity index is 2690. The smallest absolute Gasteiger partial charge is 0.152 e. The van der Waals surface area contributed by atoms with Gasteiger partial charge in [-0.2, -0.15) is 0 Å². The molecular formula is C50H38N2O. The summed E-state index contributed by atoms with van der Waals surface area (Å²) in [6.07, 6.45) is 0. The quantitative estimate of drug-likeness (QED) is 0.180. The number of ether oxygens (including phenoxy) is 1. The van der Waals surface area contributed by atoms with Crippen molar-refractivity contribution in [2.75, 3.05) is 9.80 Å². The van der Waals surface area contributed by atoms with Gasteiger partial charge in [0.05, 0.1) is 22.7 Å². The molecular weight excluding hydrogens is 645 g/mol. The van der Waals surface area contributed by atoms with Crippen molar-refractivity contribution in [3.63, 3.8) is 0 Å². The summed E-state index contributed by atoms with van der Waals surface area (Å²) in [6, 6.07) is 63.5. The Hall–Kier alpha value is -6.58. The van der Waals surface area contributed by atoms with Crippen molar-refractivity contribution in [1.29, 1.82) is 0 Å².